The number of likely N-dealkylation sites (tertiary alicyclic amines) is 1. The van der Waals surface area contributed by atoms with Crippen LogP contribution in [0.25, 0.3) is 0 Å². The normalized spacial score (nSPS) is 17.5. The van der Waals surface area contributed by atoms with Gasteiger partial charge in [0.15, 0.2) is 0 Å². The molecule has 1 aromatic rings. The molecule has 132 valence electrons. The highest BCUT2D eigenvalue weighted by Crippen LogP contribution is 2.23. The second-order valence-corrected chi connectivity index (χ2v) is 5.35. The Morgan fingerprint density at radius 2 is 1.96 bits per heavy atom. The maximum absolute atomic E-state index is 12.1. The molecule has 0 bridgehead atoms. The van der Waals surface area contributed by atoms with Crippen LogP contribution in [0.1, 0.15) is 19.8 Å². The Balaban J connectivity index is 1.81. The van der Waals surface area contributed by atoms with Crippen molar-refractivity contribution < 1.29 is 27.5 Å². The summed E-state index contributed by atoms with van der Waals surface area (Å²) >= 11 is 0. The minimum Gasteiger partial charge on any atom is -0.406 e. The molecular weight excluding hydrogens is 327 g/mol. The van der Waals surface area contributed by atoms with Crippen LogP contribution in [0, 0.1) is 0 Å². The summed E-state index contributed by atoms with van der Waals surface area (Å²) in [4.78, 5) is 25.2. The molecule has 2 rings (SSSR count). The molecule has 2 N–H and O–H groups in total. The Bertz CT molecular complexity index is 590. The number of anilines is 1. The molecule has 1 heterocycles. The quantitative estimate of drug-likeness (QED) is 0.881. The molecule has 0 spiro atoms. The topological polar surface area (TPSA) is 70.7 Å². The number of rotatable bonds is 4. The highest BCUT2D eigenvalue weighted by atomic mass is 19.4. The minimum atomic E-state index is -4.75. The first kappa shape index (κ1) is 17.9. The smallest absolute Gasteiger partial charge is 0.406 e. The highest BCUT2D eigenvalue weighted by Gasteiger charge is 2.31. The molecule has 1 fully saturated rings. The molecule has 3 amide bonds. The van der Waals surface area contributed by atoms with E-state index in [9.17, 15) is 22.8 Å². The number of urea groups is 1. The summed E-state index contributed by atoms with van der Waals surface area (Å²) in [6, 6.07) is 4.22. The number of amides is 3. The lowest BCUT2D eigenvalue weighted by Crippen LogP contribution is -2.40. The number of hydrogen-bond donors (Lipinski definition) is 2. The molecule has 0 aliphatic carbocycles. The van der Waals surface area contributed by atoms with Crippen molar-refractivity contribution in [3.8, 4) is 5.75 Å². The highest BCUT2D eigenvalue weighted by molar-refractivity contribution is 5.89. The predicted molar refractivity (Wildman–Crippen MR) is 80.6 cm³/mol. The third kappa shape index (κ3) is 5.32. The molecule has 24 heavy (non-hydrogen) atoms. The fourth-order valence-corrected chi connectivity index (χ4v) is 2.42. The van der Waals surface area contributed by atoms with Gasteiger partial charge in [-0.3, -0.25) is 4.79 Å². The van der Waals surface area contributed by atoms with Gasteiger partial charge < -0.3 is 20.3 Å². The summed E-state index contributed by atoms with van der Waals surface area (Å²) in [5.74, 6) is -0.321. The van der Waals surface area contributed by atoms with Crippen LogP contribution in [0.15, 0.2) is 24.3 Å². The number of hydrogen-bond acceptors (Lipinski definition) is 3. The van der Waals surface area contributed by atoms with Crippen LogP contribution < -0.4 is 15.4 Å². The van der Waals surface area contributed by atoms with E-state index >= 15 is 0 Å². The van der Waals surface area contributed by atoms with E-state index in [1.807, 2.05) is 0 Å². The summed E-state index contributed by atoms with van der Waals surface area (Å²) in [6.45, 7) is 2.83. The van der Waals surface area contributed by atoms with Crippen LogP contribution in [-0.4, -0.2) is 42.3 Å². The first-order valence-electron chi connectivity index (χ1n) is 7.48. The summed E-state index contributed by atoms with van der Waals surface area (Å²) < 4.78 is 39.9. The molecule has 1 unspecified atom stereocenters. The van der Waals surface area contributed by atoms with Crippen molar-refractivity contribution in [3.05, 3.63) is 24.3 Å². The zero-order chi connectivity index (χ0) is 17.7. The molecule has 0 saturated carbocycles. The van der Waals surface area contributed by atoms with Gasteiger partial charge in [-0.1, -0.05) is 6.92 Å². The van der Waals surface area contributed by atoms with Gasteiger partial charge in [0.25, 0.3) is 0 Å². The largest absolute Gasteiger partial charge is 0.573 e. The predicted octanol–water partition coefficient (Wildman–Crippen LogP) is 2.72. The van der Waals surface area contributed by atoms with Crippen molar-refractivity contribution in [2.45, 2.75) is 32.2 Å². The van der Waals surface area contributed by atoms with E-state index in [2.05, 4.69) is 15.4 Å². The Hall–Kier alpha value is -2.45. The third-order valence-electron chi connectivity index (χ3n) is 3.52. The molecule has 1 aliphatic rings. The minimum absolute atomic E-state index is 0.0416. The molecule has 1 aromatic carbocycles. The number of nitrogens with zero attached hydrogens (tertiary/aromatic N) is 1. The Morgan fingerprint density at radius 3 is 2.54 bits per heavy atom. The second-order valence-electron chi connectivity index (χ2n) is 5.35. The van der Waals surface area contributed by atoms with Crippen LogP contribution >= 0.6 is 0 Å². The maximum Gasteiger partial charge on any atom is 0.573 e. The second kappa shape index (κ2) is 7.41. The Labute approximate surface area is 137 Å². The lowest BCUT2D eigenvalue weighted by molar-refractivity contribution is -0.274. The maximum atomic E-state index is 12.1. The molecule has 1 atom stereocenters. The van der Waals surface area contributed by atoms with Gasteiger partial charge in [0.1, 0.15) is 5.75 Å². The number of carbonyl (C=O) groups excluding carboxylic acids is 2. The van der Waals surface area contributed by atoms with Gasteiger partial charge in [0.05, 0.1) is 0 Å². The van der Waals surface area contributed by atoms with Gasteiger partial charge in [-0.25, -0.2) is 4.79 Å². The van der Waals surface area contributed by atoms with Crippen molar-refractivity contribution in [3.63, 3.8) is 0 Å². The Kier molecular flexibility index (Phi) is 5.53. The summed E-state index contributed by atoms with van der Waals surface area (Å²) in [6.07, 6.45) is -3.67. The molecule has 0 radical (unpaired) electrons. The monoisotopic (exact) mass is 345 g/mol. The standard InChI is InChI=1S/C15H18F3N3O3/c1-2-13(22)21-8-7-11(9-21)20-14(23)19-10-3-5-12(6-4-10)24-15(16,17)18/h3-6,11H,2,7-9H2,1H3,(H2,19,20,23). The van der Waals surface area contributed by atoms with Gasteiger partial charge in [-0.05, 0) is 30.7 Å². The van der Waals surface area contributed by atoms with Crippen LogP contribution in [0.3, 0.4) is 0 Å². The zero-order valence-electron chi connectivity index (χ0n) is 13.0. The van der Waals surface area contributed by atoms with E-state index in [0.717, 1.165) is 12.1 Å². The van der Waals surface area contributed by atoms with E-state index in [-0.39, 0.29) is 17.7 Å². The third-order valence-corrected chi connectivity index (χ3v) is 3.52. The van der Waals surface area contributed by atoms with E-state index in [0.29, 0.717) is 31.6 Å². The fraction of sp³-hybridized carbons (Fsp3) is 0.467. The number of nitrogens with one attached hydrogen (secondary N) is 2. The van der Waals surface area contributed by atoms with E-state index in [1.165, 1.54) is 12.1 Å². The van der Waals surface area contributed by atoms with Crippen LogP contribution in [-0.2, 0) is 4.79 Å². The summed E-state index contributed by atoms with van der Waals surface area (Å²) in [5.41, 5.74) is 0.335. The van der Waals surface area contributed by atoms with E-state index < -0.39 is 12.4 Å². The van der Waals surface area contributed by atoms with Gasteiger partial charge in [-0.2, -0.15) is 0 Å². The van der Waals surface area contributed by atoms with Crippen molar-refractivity contribution in [1.82, 2.24) is 10.2 Å². The zero-order valence-corrected chi connectivity index (χ0v) is 13.0. The average molecular weight is 345 g/mol. The van der Waals surface area contributed by atoms with Crippen molar-refractivity contribution in [2.24, 2.45) is 0 Å². The molecular formula is C15H18F3N3O3. The van der Waals surface area contributed by atoms with Gasteiger partial charge in [0.2, 0.25) is 5.91 Å². The van der Waals surface area contributed by atoms with Crippen molar-refractivity contribution >= 4 is 17.6 Å². The molecule has 1 aliphatic heterocycles. The van der Waals surface area contributed by atoms with Crippen LogP contribution in [0.4, 0.5) is 23.7 Å². The number of ether oxygens (including phenoxy) is 1. The lowest BCUT2D eigenvalue weighted by atomic mass is 10.2. The number of carbonyl (C=O) groups is 2. The first-order chi connectivity index (χ1) is 11.3. The Morgan fingerprint density at radius 1 is 1.29 bits per heavy atom. The molecule has 9 heteroatoms. The number of halogens is 3. The number of alkyl halides is 3. The fourth-order valence-electron chi connectivity index (χ4n) is 2.42. The van der Waals surface area contributed by atoms with E-state index in [1.54, 1.807) is 11.8 Å². The molecule has 6 nitrogen and oxygen atoms in total. The van der Waals surface area contributed by atoms with Gasteiger partial charge in [-0.15, -0.1) is 13.2 Å². The molecule has 0 aromatic heterocycles. The lowest BCUT2D eigenvalue weighted by Gasteiger charge is -2.16. The SMILES string of the molecule is CCC(=O)N1CCC(NC(=O)Nc2ccc(OC(F)(F)F)cc2)C1. The van der Waals surface area contributed by atoms with Crippen molar-refractivity contribution in [1.29, 1.82) is 0 Å². The van der Waals surface area contributed by atoms with Crippen molar-refractivity contribution in [2.75, 3.05) is 18.4 Å². The van der Waals surface area contributed by atoms with Crippen LogP contribution in [0.2, 0.25) is 0 Å². The number of benzene rings is 1. The van der Waals surface area contributed by atoms with Crippen LogP contribution in [0.5, 0.6) is 5.75 Å². The first-order valence-corrected chi connectivity index (χ1v) is 7.48. The molecule has 1 saturated heterocycles. The van der Waals surface area contributed by atoms with Gasteiger partial charge >= 0.3 is 12.4 Å². The van der Waals surface area contributed by atoms with Gasteiger partial charge in [0, 0.05) is 31.2 Å². The van der Waals surface area contributed by atoms with E-state index in [4.69, 9.17) is 0 Å². The average Bonchev–Trinajstić information content (AvgIpc) is 2.95. The summed E-state index contributed by atoms with van der Waals surface area (Å²) in [5, 5.41) is 5.26. The summed E-state index contributed by atoms with van der Waals surface area (Å²) in [7, 11) is 0.